The highest BCUT2D eigenvalue weighted by molar-refractivity contribution is 6.21. The van der Waals surface area contributed by atoms with Crippen molar-refractivity contribution in [3.05, 3.63) is 70.3 Å². The van der Waals surface area contributed by atoms with E-state index in [9.17, 15) is 19.5 Å². The molecule has 0 radical (unpaired) electrons. The standard InChI is InChI=1S/C17H11NO5/c19-14-10-3-1-2-4-11(10)15(20)18(14)8-9-5-6-12-13(7-9)17(22)23-16(12)21/h1-7,16,21H,8H2. The maximum absolute atomic E-state index is 12.3. The maximum Gasteiger partial charge on any atom is 0.341 e. The molecular weight excluding hydrogens is 298 g/mol. The Morgan fingerprint density at radius 3 is 2.26 bits per heavy atom. The molecule has 0 aliphatic carbocycles. The molecule has 1 atom stereocenters. The first-order chi connectivity index (χ1) is 11.1. The first-order valence-corrected chi connectivity index (χ1v) is 7.03. The number of rotatable bonds is 2. The molecule has 2 aliphatic rings. The van der Waals surface area contributed by atoms with Gasteiger partial charge in [0.25, 0.3) is 11.8 Å². The number of nitrogens with zero attached hydrogens (tertiary/aromatic N) is 1. The van der Waals surface area contributed by atoms with Crippen LogP contribution in [0.4, 0.5) is 0 Å². The van der Waals surface area contributed by atoms with Gasteiger partial charge in [0.15, 0.2) is 0 Å². The third-order valence-corrected chi connectivity index (χ3v) is 4.04. The van der Waals surface area contributed by atoms with Gasteiger partial charge in [-0.15, -0.1) is 0 Å². The van der Waals surface area contributed by atoms with Gasteiger partial charge >= 0.3 is 5.97 Å². The van der Waals surface area contributed by atoms with Gasteiger partial charge < -0.3 is 9.84 Å². The van der Waals surface area contributed by atoms with Crippen molar-refractivity contribution in [3.63, 3.8) is 0 Å². The Hall–Kier alpha value is -2.99. The molecule has 4 rings (SSSR count). The van der Waals surface area contributed by atoms with Crippen LogP contribution < -0.4 is 0 Å². The monoisotopic (exact) mass is 309 g/mol. The van der Waals surface area contributed by atoms with Crippen molar-refractivity contribution in [1.29, 1.82) is 0 Å². The average Bonchev–Trinajstić information content (AvgIpc) is 2.97. The van der Waals surface area contributed by atoms with Crippen molar-refractivity contribution in [1.82, 2.24) is 4.90 Å². The summed E-state index contributed by atoms with van der Waals surface area (Å²) in [6.07, 6.45) is -1.26. The van der Waals surface area contributed by atoms with E-state index in [-0.39, 0.29) is 23.9 Å². The Labute approximate surface area is 130 Å². The Kier molecular flexibility index (Phi) is 2.82. The van der Waals surface area contributed by atoms with E-state index in [1.54, 1.807) is 36.4 Å². The molecule has 2 aliphatic heterocycles. The fourth-order valence-corrected chi connectivity index (χ4v) is 2.89. The maximum atomic E-state index is 12.3. The number of aliphatic hydroxyl groups excluding tert-OH is 1. The van der Waals surface area contributed by atoms with E-state index in [4.69, 9.17) is 4.74 Å². The molecule has 0 bridgehead atoms. The van der Waals surface area contributed by atoms with E-state index in [0.29, 0.717) is 22.3 Å². The van der Waals surface area contributed by atoms with Gasteiger partial charge in [0, 0.05) is 5.56 Å². The topological polar surface area (TPSA) is 83.9 Å². The molecule has 0 fully saturated rings. The molecule has 0 spiro atoms. The molecule has 0 saturated carbocycles. The Morgan fingerprint density at radius 1 is 0.957 bits per heavy atom. The molecule has 2 heterocycles. The number of aliphatic hydroxyl groups is 1. The Bertz CT molecular complexity index is 838. The Balaban J connectivity index is 1.66. The summed E-state index contributed by atoms with van der Waals surface area (Å²) in [6, 6.07) is 11.4. The number of amides is 2. The Morgan fingerprint density at radius 2 is 1.61 bits per heavy atom. The lowest BCUT2D eigenvalue weighted by Crippen LogP contribution is -2.29. The summed E-state index contributed by atoms with van der Waals surface area (Å²) in [4.78, 5) is 37.5. The molecule has 6 nitrogen and oxygen atoms in total. The SMILES string of the molecule is O=C1OC(O)c2ccc(CN3C(=O)c4ccccc4C3=O)cc21. The first-order valence-electron chi connectivity index (χ1n) is 7.03. The minimum absolute atomic E-state index is 0.0585. The van der Waals surface area contributed by atoms with Gasteiger partial charge in [-0.2, -0.15) is 0 Å². The van der Waals surface area contributed by atoms with Crippen LogP contribution in [0.3, 0.4) is 0 Å². The summed E-state index contributed by atoms with van der Waals surface area (Å²) < 4.78 is 4.72. The van der Waals surface area contributed by atoms with Crippen LogP contribution in [0.25, 0.3) is 0 Å². The number of ether oxygens (including phenoxy) is 1. The number of hydrogen-bond acceptors (Lipinski definition) is 5. The fourth-order valence-electron chi connectivity index (χ4n) is 2.89. The smallest absolute Gasteiger partial charge is 0.341 e. The lowest BCUT2D eigenvalue weighted by molar-refractivity contribution is -0.0547. The van der Waals surface area contributed by atoms with Crippen LogP contribution in [-0.2, 0) is 11.3 Å². The third kappa shape index (κ3) is 1.96. The zero-order valence-corrected chi connectivity index (χ0v) is 11.9. The summed E-state index contributed by atoms with van der Waals surface area (Å²) in [6.45, 7) is 0.0585. The number of fused-ring (bicyclic) bond motifs is 2. The van der Waals surface area contributed by atoms with Gasteiger partial charge in [-0.1, -0.05) is 24.3 Å². The van der Waals surface area contributed by atoms with Crippen LogP contribution in [0.15, 0.2) is 42.5 Å². The zero-order chi connectivity index (χ0) is 16.1. The van der Waals surface area contributed by atoms with Gasteiger partial charge in [0.05, 0.1) is 23.2 Å². The van der Waals surface area contributed by atoms with Crippen molar-refractivity contribution in [2.45, 2.75) is 12.8 Å². The molecule has 0 aromatic heterocycles. The predicted octanol–water partition coefficient (Wildman–Crippen LogP) is 1.64. The van der Waals surface area contributed by atoms with E-state index >= 15 is 0 Å². The van der Waals surface area contributed by atoms with Crippen molar-refractivity contribution in [2.24, 2.45) is 0 Å². The number of imide groups is 1. The van der Waals surface area contributed by atoms with E-state index < -0.39 is 12.3 Å². The number of carbonyl (C=O) groups is 3. The second-order valence-corrected chi connectivity index (χ2v) is 5.42. The normalized spacial score (nSPS) is 18.9. The summed E-state index contributed by atoms with van der Waals surface area (Å²) >= 11 is 0. The quantitative estimate of drug-likeness (QED) is 0.673. The third-order valence-electron chi connectivity index (χ3n) is 4.04. The summed E-state index contributed by atoms with van der Waals surface area (Å²) in [5.74, 6) is -1.32. The first kappa shape index (κ1) is 13.7. The van der Waals surface area contributed by atoms with Gasteiger partial charge in [0.1, 0.15) is 0 Å². The second-order valence-electron chi connectivity index (χ2n) is 5.42. The second kappa shape index (κ2) is 4.76. The predicted molar refractivity (Wildman–Crippen MR) is 77.5 cm³/mol. The number of hydrogen-bond donors (Lipinski definition) is 1. The molecule has 23 heavy (non-hydrogen) atoms. The van der Waals surface area contributed by atoms with E-state index in [2.05, 4.69) is 0 Å². The van der Waals surface area contributed by atoms with Crippen LogP contribution in [0, 0.1) is 0 Å². The molecule has 0 saturated heterocycles. The van der Waals surface area contributed by atoms with Gasteiger partial charge in [0.2, 0.25) is 6.29 Å². The van der Waals surface area contributed by atoms with Crippen molar-refractivity contribution < 1.29 is 24.2 Å². The van der Waals surface area contributed by atoms with Gasteiger partial charge in [-0.25, -0.2) is 4.79 Å². The zero-order valence-electron chi connectivity index (χ0n) is 11.9. The van der Waals surface area contributed by atoms with Crippen LogP contribution in [-0.4, -0.2) is 27.8 Å². The highest BCUT2D eigenvalue weighted by Crippen LogP contribution is 2.30. The van der Waals surface area contributed by atoms with Crippen LogP contribution in [0.2, 0.25) is 0 Å². The highest BCUT2D eigenvalue weighted by Gasteiger charge is 2.36. The summed E-state index contributed by atoms with van der Waals surface area (Å²) in [7, 11) is 0. The van der Waals surface area contributed by atoms with Crippen molar-refractivity contribution >= 4 is 17.8 Å². The van der Waals surface area contributed by atoms with Gasteiger partial charge in [-0.05, 0) is 23.8 Å². The molecule has 114 valence electrons. The molecule has 6 heteroatoms. The molecule has 2 aromatic rings. The summed E-state index contributed by atoms with van der Waals surface area (Å²) in [5.41, 5.74) is 2.03. The van der Waals surface area contributed by atoms with Crippen LogP contribution >= 0.6 is 0 Å². The van der Waals surface area contributed by atoms with Crippen LogP contribution in [0.1, 0.15) is 48.5 Å². The van der Waals surface area contributed by atoms with E-state index in [1.807, 2.05) is 0 Å². The molecule has 2 amide bonds. The van der Waals surface area contributed by atoms with Crippen LogP contribution in [0.5, 0.6) is 0 Å². The van der Waals surface area contributed by atoms with Crippen molar-refractivity contribution in [2.75, 3.05) is 0 Å². The highest BCUT2D eigenvalue weighted by atomic mass is 16.6. The van der Waals surface area contributed by atoms with Crippen molar-refractivity contribution in [3.8, 4) is 0 Å². The lowest BCUT2D eigenvalue weighted by Gasteiger charge is -2.14. The van der Waals surface area contributed by atoms with Gasteiger partial charge in [-0.3, -0.25) is 14.5 Å². The number of benzene rings is 2. The fraction of sp³-hybridized carbons (Fsp3) is 0.118. The molecule has 1 unspecified atom stereocenters. The lowest BCUT2D eigenvalue weighted by atomic mass is 10.0. The molecule has 1 N–H and O–H groups in total. The van der Waals surface area contributed by atoms with E-state index in [1.165, 1.54) is 6.07 Å². The number of cyclic esters (lactones) is 1. The minimum Gasteiger partial charge on any atom is -0.428 e. The number of esters is 1. The minimum atomic E-state index is -1.26. The van der Waals surface area contributed by atoms with E-state index in [0.717, 1.165) is 4.90 Å². The molecule has 2 aromatic carbocycles. The molecular formula is C17H11NO5. The average molecular weight is 309 g/mol. The number of carbonyl (C=O) groups excluding carboxylic acids is 3. The summed E-state index contributed by atoms with van der Waals surface area (Å²) in [5, 5.41) is 9.57. The largest absolute Gasteiger partial charge is 0.428 e.